The predicted octanol–water partition coefficient (Wildman–Crippen LogP) is 5.01. The normalized spacial score (nSPS) is 16.8. The molecule has 0 N–H and O–H groups in total. The number of carbonyl (C=O) groups excluding carboxylic acids is 3. The molecular formula is C32H39N5O3. The van der Waals surface area contributed by atoms with Gasteiger partial charge in [-0.05, 0) is 60.2 Å². The molecule has 3 amide bonds. The minimum atomic E-state index is -0.0207. The molecule has 2 aromatic carbocycles. The first kappa shape index (κ1) is 27.6. The van der Waals surface area contributed by atoms with Gasteiger partial charge in [0.15, 0.2) is 0 Å². The third kappa shape index (κ3) is 6.79. The van der Waals surface area contributed by atoms with E-state index >= 15 is 0 Å². The highest BCUT2D eigenvalue weighted by Gasteiger charge is 2.24. The van der Waals surface area contributed by atoms with E-state index in [1.165, 1.54) is 0 Å². The summed E-state index contributed by atoms with van der Waals surface area (Å²) in [6, 6.07) is 15.8. The van der Waals surface area contributed by atoms with Crippen LogP contribution in [-0.4, -0.2) is 56.9 Å². The van der Waals surface area contributed by atoms with Gasteiger partial charge in [0.2, 0.25) is 11.8 Å². The summed E-state index contributed by atoms with van der Waals surface area (Å²) in [5.41, 5.74) is 4.50. The van der Waals surface area contributed by atoms with Crippen molar-refractivity contribution >= 4 is 23.4 Å². The Morgan fingerprint density at radius 1 is 0.850 bits per heavy atom. The molecule has 0 unspecified atom stereocenters. The first-order valence-electron chi connectivity index (χ1n) is 14.5. The number of aromatic nitrogens is 2. The number of likely N-dealkylation sites (tertiary alicyclic amines) is 1. The highest BCUT2D eigenvalue weighted by Crippen LogP contribution is 2.27. The third-order valence-corrected chi connectivity index (χ3v) is 7.90. The average molecular weight is 542 g/mol. The average Bonchev–Trinajstić information content (AvgIpc) is 3.60. The highest BCUT2D eigenvalue weighted by atomic mass is 16.2. The molecule has 2 aliphatic rings. The lowest BCUT2D eigenvalue weighted by Gasteiger charge is -2.29. The number of anilines is 1. The standard InChI is InChI=1S/C32H39N5O3/c1-25(38)37-19-6-4-2-3-5-16-35(24-29-14-13-27(21-30(29)37)23-36-18-9-15-33-36)32(40)28-11-7-10-26(20-28)22-34-17-8-12-31(34)39/h7,9-11,13-15,18,20-21H,2-6,8,12,16-17,19,22-24H2,1H3. The van der Waals surface area contributed by atoms with Gasteiger partial charge in [-0.2, -0.15) is 5.10 Å². The number of rotatable bonds is 5. The fraction of sp³-hybridized carbons (Fsp3) is 0.438. The lowest BCUT2D eigenvalue weighted by Crippen LogP contribution is -2.35. The molecule has 1 aromatic heterocycles. The number of nitrogens with zero attached hydrogens (tertiary/aromatic N) is 5. The summed E-state index contributed by atoms with van der Waals surface area (Å²) >= 11 is 0. The van der Waals surface area contributed by atoms with E-state index in [1.54, 1.807) is 13.1 Å². The zero-order valence-electron chi connectivity index (χ0n) is 23.4. The molecule has 0 bridgehead atoms. The Hall–Kier alpha value is -3.94. The number of amides is 3. The zero-order chi connectivity index (χ0) is 27.9. The molecule has 0 atom stereocenters. The van der Waals surface area contributed by atoms with Crippen LogP contribution in [0, 0.1) is 0 Å². The smallest absolute Gasteiger partial charge is 0.254 e. The van der Waals surface area contributed by atoms with Crippen molar-refractivity contribution in [3.05, 3.63) is 83.2 Å². The van der Waals surface area contributed by atoms with Crippen LogP contribution in [0.1, 0.15) is 78.9 Å². The topological polar surface area (TPSA) is 78.8 Å². The van der Waals surface area contributed by atoms with E-state index < -0.39 is 0 Å². The molecule has 3 heterocycles. The Morgan fingerprint density at radius 2 is 1.65 bits per heavy atom. The van der Waals surface area contributed by atoms with Gasteiger partial charge in [0, 0.05) is 69.7 Å². The Labute approximate surface area is 236 Å². The van der Waals surface area contributed by atoms with E-state index in [0.717, 1.165) is 67.4 Å². The fourth-order valence-electron chi connectivity index (χ4n) is 5.76. The molecule has 210 valence electrons. The zero-order valence-corrected chi connectivity index (χ0v) is 23.4. The van der Waals surface area contributed by atoms with Crippen molar-refractivity contribution in [1.82, 2.24) is 19.6 Å². The maximum absolute atomic E-state index is 13.9. The quantitative estimate of drug-likeness (QED) is 0.455. The second-order valence-corrected chi connectivity index (χ2v) is 11.0. The maximum Gasteiger partial charge on any atom is 0.254 e. The number of carbonyl (C=O) groups is 3. The molecule has 5 rings (SSSR count). The lowest BCUT2D eigenvalue weighted by atomic mass is 10.0. The molecule has 8 heteroatoms. The van der Waals surface area contributed by atoms with Gasteiger partial charge in [-0.15, -0.1) is 0 Å². The lowest BCUT2D eigenvalue weighted by molar-refractivity contribution is -0.128. The summed E-state index contributed by atoms with van der Waals surface area (Å²) in [7, 11) is 0. The minimum absolute atomic E-state index is 0.0107. The molecule has 3 aromatic rings. The van der Waals surface area contributed by atoms with Gasteiger partial charge in [-0.1, -0.05) is 43.5 Å². The van der Waals surface area contributed by atoms with E-state index in [-0.39, 0.29) is 17.7 Å². The monoisotopic (exact) mass is 541 g/mol. The van der Waals surface area contributed by atoms with Crippen LogP contribution in [0.25, 0.3) is 0 Å². The van der Waals surface area contributed by atoms with Gasteiger partial charge in [0.25, 0.3) is 5.91 Å². The van der Waals surface area contributed by atoms with Crippen molar-refractivity contribution in [1.29, 1.82) is 0 Å². The Morgan fingerprint density at radius 3 is 2.40 bits per heavy atom. The van der Waals surface area contributed by atoms with Crippen LogP contribution in [-0.2, 0) is 29.2 Å². The van der Waals surface area contributed by atoms with Crippen molar-refractivity contribution < 1.29 is 14.4 Å². The van der Waals surface area contributed by atoms with Crippen molar-refractivity contribution in [2.75, 3.05) is 24.5 Å². The minimum Gasteiger partial charge on any atom is -0.338 e. The van der Waals surface area contributed by atoms with Gasteiger partial charge >= 0.3 is 0 Å². The first-order valence-corrected chi connectivity index (χ1v) is 14.5. The van der Waals surface area contributed by atoms with Crippen LogP contribution in [0.5, 0.6) is 0 Å². The summed E-state index contributed by atoms with van der Waals surface area (Å²) in [5, 5.41) is 4.34. The van der Waals surface area contributed by atoms with Crippen molar-refractivity contribution in [3.63, 3.8) is 0 Å². The molecule has 1 saturated heterocycles. The Kier molecular flexibility index (Phi) is 8.94. The summed E-state index contributed by atoms with van der Waals surface area (Å²) in [5.74, 6) is 0.169. The highest BCUT2D eigenvalue weighted by molar-refractivity contribution is 5.95. The van der Waals surface area contributed by atoms with Gasteiger partial charge in [0.05, 0.1) is 6.54 Å². The van der Waals surface area contributed by atoms with Crippen LogP contribution >= 0.6 is 0 Å². The van der Waals surface area contributed by atoms with Crippen molar-refractivity contribution in [2.24, 2.45) is 0 Å². The molecule has 8 nitrogen and oxygen atoms in total. The van der Waals surface area contributed by atoms with Crippen molar-refractivity contribution in [3.8, 4) is 0 Å². The third-order valence-electron chi connectivity index (χ3n) is 7.90. The number of hydrogen-bond acceptors (Lipinski definition) is 4. The summed E-state index contributed by atoms with van der Waals surface area (Å²) in [6.07, 6.45) is 10.3. The largest absolute Gasteiger partial charge is 0.338 e. The molecule has 40 heavy (non-hydrogen) atoms. The van der Waals surface area contributed by atoms with Gasteiger partial charge in [-0.3, -0.25) is 19.1 Å². The molecule has 1 fully saturated rings. The van der Waals surface area contributed by atoms with Gasteiger partial charge < -0.3 is 14.7 Å². The molecule has 0 aliphatic carbocycles. The summed E-state index contributed by atoms with van der Waals surface area (Å²) in [6.45, 7) is 5.29. The van der Waals surface area contributed by atoms with Crippen LogP contribution in [0.2, 0.25) is 0 Å². The molecule has 0 saturated carbocycles. The SMILES string of the molecule is CC(=O)N1CCCCCCCN(C(=O)c2cccc(CN3CCCC3=O)c2)Cc2ccc(Cn3cccn3)cc21. The number of hydrogen-bond donors (Lipinski definition) is 0. The Bertz CT molecular complexity index is 1340. The second-order valence-electron chi connectivity index (χ2n) is 11.0. The summed E-state index contributed by atoms with van der Waals surface area (Å²) in [4.78, 5) is 44.6. The van der Waals surface area contributed by atoms with Gasteiger partial charge in [0.1, 0.15) is 0 Å². The van der Waals surface area contributed by atoms with E-state index in [9.17, 15) is 14.4 Å². The van der Waals surface area contributed by atoms with Crippen molar-refractivity contribution in [2.45, 2.75) is 71.5 Å². The van der Waals surface area contributed by atoms with Gasteiger partial charge in [-0.25, -0.2) is 0 Å². The fourth-order valence-corrected chi connectivity index (χ4v) is 5.76. The van der Waals surface area contributed by atoms with Crippen LogP contribution in [0.3, 0.4) is 0 Å². The molecule has 2 aliphatic heterocycles. The predicted molar refractivity (Wildman–Crippen MR) is 155 cm³/mol. The van der Waals surface area contributed by atoms with E-state index in [2.05, 4.69) is 23.3 Å². The van der Waals surface area contributed by atoms with E-state index in [4.69, 9.17) is 0 Å². The van der Waals surface area contributed by atoms with Crippen LogP contribution in [0.4, 0.5) is 5.69 Å². The molecular weight excluding hydrogens is 502 g/mol. The first-order chi connectivity index (χ1) is 19.5. The van der Waals surface area contributed by atoms with E-state index in [1.807, 2.05) is 55.9 Å². The number of benzene rings is 2. The van der Waals surface area contributed by atoms with Crippen LogP contribution < -0.4 is 4.90 Å². The number of fused-ring (bicyclic) bond motifs is 1. The van der Waals surface area contributed by atoms with Crippen LogP contribution in [0.15, 0.2) is 60.9 Å². The maximum atomic E-state index is 13.9. The van der Waals surface area contributed by atoms with E-state index in [0.29, 0.717) is 44.7 Å². The second kappa shape index (κ2) is 12.9. The summed E-state index contributed by atoms with van der Waals surface area (Å²) < 4.78 is 1.87. The molecule has 0 radical (unpaired) electrons. The Balaban J connectivity index is 1.44. The molecule has 0 spiro atoms.